The molecule has 90 valence electrons. The zero-order chi connectivity index (χ0) is 11.8. The molecule has 0 fully saturated rings. The summed E-state index contributed by atoms with van der Waals surface area (Å²) in [4.78, 5) is 11.6. The van der Waals surface area contributed by atoms with E-state index in [1.165, 1.54) is 0 Å². The van der Waals surface area contributed by atoms with Crippen LogP contribution in [0.15, 0.2) is 0 Å². The highest BCUT2D eigenvalue weighted by Crippen LogP contribution is 2.05. The summed E-state index contributed by atoms with van der Waals surface area (Å²) >= 11 is 0. The zero-order valence-corrected chi connectivity index (χ0v) is 10.2. The molecular formula is C11H24N2O2. The Morgan fingerprint density at radius 3 is 2.53 bits per heavy atom. The number of nitrogens with one attached hydrogen (secondary N) is 1. The van der Waals surface area contributed by atoms with Gasteiger partial charge in [-0.15, -0.1) is 0 Å². The fraction of sp³-hybridized carbons (Fsp3) is 0.909. The van der Waals surface area contributed by atoms with E-state index in [1.54, 1.807) is 7.11 Å². The number of amides is 1. The Hall–Kier alpha value is -0.610. The van der Waals surface area contributed by atoms with Crippen LogP contribution in [0, 0.1) is 11.8 Å². The predicted molar refractivity (Wildman–Crippen MR) is 61.5 cm³/mol. The minimum Gasteiger partial charge on any atom is -0.384 e. The number of nitrogens with two attached hydrogens (primary N) is 1. The molecule has 0 aromatic rings. The van der Waals surface area contributed by atoms with Gasteiger partial charge in [-0.05, 0) is 11.8 Å². The molecule has 3 N–H and O–H groups in total. The van der Waals surface area contributed by atoms with Crippen LogP contribution < -0.4 is 11.1 Å². The molecule has 3 atom stereocenters. The first-order valence-corrected chi connectivity index (χ1v) is 5.55. The van der Waals surface area contributed by atoms with Gasteiger partial charge in [0, 0.05) is 13.7 Å². The smallest absolute Gasteiger partial charge is 0.237 e. The minimum absolute atomic E-state index is 0.0627. The molecule has 0 aliphatic carbocycles. The van der Waals surface area contributed by atoms with Gasteiger partial charge in [0.1, 0.15) is 0 Å². The highest BCUT2D eigenvalue weighted by molar-refractivity contribution is 5.81. The molecule has 4 heteroatoms. The second-order valence-corrected chi connectivity index (χ2v) is 4.22. The Bertz CT molecular complexity index is 185. The fourth-order valence-electron chi connectivity index (χ4n) is 1.25. The van der Waals surface area contributed by atoms with E-state index in [9.17, 15) is 4.79 Å². The molecule has 0 aromatic heterocycles. The van der Waals surface area contributed by atoms with E-state index in [2.05, 4.69) is 5.32 Å². The van der Waals surface area contributed by atoms with E-state index >= 15 is 0 Å². The van der Waals surface area contributed by atoms with Crippen LogP contribution >= 0.6 is 0 Å². The van der Waals surface area contributed by atoms with E-state index in [0.717, 1.165) is 6.42 Å². The Morgan fingerprint density at radius 1 is 1.47 bits per heavy atom. The molecule has 0 aromatic carbocycles. The Labute approximate surface area is 92.6 Å². The first-order valence-electron chi connectivity index (χ1n) is 5.55. The third-order valence-corrected chi connectivity index (χ3v) is 2.64. The van der Waals surface area contributed by atoms with Gasteiger partial charge in [-0.2, -0.15) is 0 Å². The molecule has 4 nitrogen and oxygen atoms in total. The second kappa shape index (κ2) is 7.65. The van der Waals surface area contributed by atoms with Crippen LogP contribution in [0.25, 0.3) is 0 Å². The Morgan fingerprint density at radius 2 is 2.07 bits per heavy atom. The molecule has 15 heavy (non-hydrogen) atoms. The van der Waals surface area contributed by atoms with E-state index < -0.39 is 6.04 Å². The van der Waals surface area contributed by atoms with Gasteiger partial charge in [0.15, 0.2) is 0 Å². The number of rotatable bonds is 7. The Balaban J connectivity index is 3.82. The van der Waals surface area contributed by atoms with Gasteiger partial charge in [0.05, 0.1) is 12.6 Å². The van der Waals surface area contributed by atoms with Crippen LogP contribution in [0.3, 0.4) is 0 Å². The first-order chi connectivity index (χ1) is 7.02. The maximum absolute atomic E-state index is 11.6. The normalized spacial score (nSPS) is 16.9. The molecule has 0 rings (SSSR count). The predicted octanol–water partition coefficient (Wildman–Crippen LogP) is 0.759. The van der Waals surface area contributed by atoms with Crippen molar-refractivity contribution in [3.05, 3.63) is 0 Å². The summed E-state index contributed by atoms with van der Waals surface area (Å²) < 4.78 is 4.98. The molecule has 0 heterocycles. The zero-order valence-electron chi connectivity index (χ0n) is 10.2. The summed E-state index contributed by atoms with van der Waals surface area (Å²) in [7, 11) is 1.66. The van der Waals surface area contributed by atoms with Gasteiger partial charge in [0.25, 0.3) is 0 Å². The van der Waals surface area contributed by atoms with Crippen LogP contribution in [-0.4, -0.2) is 32.2 Å². The molecule has 0 spiro atoms. The van der Waals surface area contributed by atoms with Crippen molar-refractivity contribution in [3.8, 4) is 0 Å². The number of hydrogen-bond acceptors (Lipinski definition) is 3. The maximum atomic E-state index is 11.6. The maximum Gasteiger partial charge on any atom is 0.237 e. The number of methoxy groups -OCH3 is 1. The highest BCUT2D eigenvalue weighted by Gasteiger charge is 2.19. The van der Waals surface area contributed by atoms with Crippen molar-refractivity contribution in [3.63, 3.8) is 0 Å². The van der Waals surface area contributed by atoms with Gasteiger partial charge in [-0.1, -0.05) is 27.2 Å². The van der Waals surface area contributed by atoms with Gasteiger partial charge in [-0.3, -0.25) is 4.79 Å². The van der Waals surface area contributed by atoms with Crippen LogP contribution in [0.5, 0.6) is 0 Å². The van der Waals surface area contributed by atoms with Crippen molar-refractivity contribution in [1.29, 1.82) is 0 Å². The molecule has 0 saturated heterocycles. The van der Waals surface area contributed by atoms with Crippen LogP contribution in [0.4, 0.5) is 0 Å². The van der Waals surface area contributed by atoms with Crippen LogP contribution in [0.2, 0.25) is 0 Å². The largest absolute Gasteiger partial charge is 0.384 e. The standard InChI is InChI=1S/C11H24N2O2/c1-5-9(3)10(12)11(14)13-6-8(2)7-15-4/h8-10H,5-7,12H2,1-4H3,(H,13,14)/t8?,9?,10-/m0/s1. The van der Waals surface area contributed by atoms with E-state index in [-0.39, 0.29) is 11.8 Å². The number of ether oxygens (including phenoxy) is 1. The summed E-state index contributed by atoms with van der Waals surface area (Å²) in [6, 6.07) is -0.398. The lowest BCUT2D eigenvalue weighted by Crippen LogP contribution is -2.46. The lowest BCUT2D eigenvalue weighted by Gasteiger charge is -2.19. The summed E-state index contributed by atoms with van der Waals surface area (Å²) in [6.07, 6.45) is 0.919. The number of hydrogen-bond donors (Lipinski definition) is 2. The fourth-order valence-corrected chi connectivity index (χ4v) is 1.25. The molecule has 0 bridgehead atoms. The van der Waals surface area contributed by atoms with Gasteiger partial charge in [-0.25, -0.2) is 0 Å². The Kier molecular flexibility index (Phi) is 7.34. The van der Waals surface area contributed by atoms with Crippen LogP contribution in [-0.2, 0) is 9.53 Å². The quantitative estimate of drug-likeness (QED) is 0.660. The summed E-state index contributed by atoms with van der Waals surface area (Å²) in [5.74, 6) is 0.484. The van der Waals surface area contributed by atoms with Crippen molar-refractivity contribution >= 4 is 5.91 Å². The van der Waals surface area contributed by atoms with Gasteiger partial charge >= 0.3 is 0 Å². The first kappa shape index (κ1) is 14.4. The average Bonchev–Trinajstić information content (AvgIpc) is 2.24. The van der Waals surface area contributed by atoms with Crippen molar-refractivity contribution in [2.24, 2.45) is 17.6 Å². The van der Waals surface area contributed by atoms with E-state index in [4.69, 9.17) is 10.5 Å². The van der Waals surface area contributed by atoms with Crippen molar-refractivity contribution < 1.29 is 9.53 Å². The monoisotopic (exact) mass is 216 g/mol. The van der Waals surface area contributed by atoms with Crippen molar-refractivity contribution in [2.75, 3.05) is 20.3 Å². The third-order valence-electron chi connectivity index (χ3n) is 2.64. The molecule has 2 unspecified atom stereocenters. The summed E-state index contributed by atoms with van der Waals surface area (Å²) in [5.41, 5.74) is 5.79. The average molecular weight is 216 g/mol. The SMILES string of the molecule is CCC(C)[C@H](N)C(=O)NCC(C)COC. The highest BCUT2D eigenvalue weighted by atomic mass is 16.5. The lowest BCUT2D eigenvalue weighted by atomic mass is 9.99. The number of carbonyl (C=O) groups excluding carboxylic acids is 1. The molecular weight excluding hydrogens is 192 g/mol. The summed E-state index contributed by atoms with van der Waals surface area (Å²) in [5, 5.41) is 2.84. The van der Waals surface area contributed by atoms with Crippen molar-refractivity contribution in [2.45, 2.75) is 33.2 Å². The summed E-state index contributed by atoms with van der Waals surface area (Å²) in [6.45, 7) is 7.32. The molecule has 0 radical (unpaired) electrons. The van der Waals surface area contributed by atoms with Gasteiger partial charge in [0.2, 0.25) is 5.91 Å². The molecule has 1 amide bonds. The van der Waals surface area contributed by atoms with Crippen LogP contribution in [0.1, 0.15) is 27.2 Å². The lowest BCUT2D eigenvalue weighted by molar-refractivity contribution is -0.123. The number of carbonyl (C=O) groups is 1. The molecule has 0 saturated carbocycles. The third kappa shape index (κ3) is 5.74. The van der Waals surface area contributed by atoms with Crippen molar-refractivity contribution in [1.82, 2.24) is 5.32 Å². The van der Waals surface area contributed by atoms with E-state index in [0.29, 0.717) is 19.1 Å². The minimum atomic E-state index is -0.398. The topological polar surface area (TPSA) is 64.4 Å². The van der Waals surface area contributed by atoms with E-state index in [1.807, 2.05) is 20.8 Å². The molecule has 0 aliphatic rings. The van der Waals surface area contributed by atoms with Gasteiger partial charge < -0.3 is 15.8 Å². The molecule has 0 aliphatic heterocycles. The second-order valence-electron chi connectivity index (χ2n) is 4.22.